The summed E-state index contributed by atoms with van der Waals surface area (Å²) in [6, 6.07) is 4.36. The van der Waals surface area contributed by atoms with E-state index in [9.17, 15) is 9.50 Å². The van der Waals surface area contributed by atoms with Gasteiger partial charge in [-0.25, -0.2) is 4.39 Å². The summed E-state index contributed by atoms with van der Waals surface area (Å²) in [6.07, 6.45) is -0.448. The largest absolute Gasteiger partial charge is 0.490 e. The van der Waals surface area contributed by atoms with Crippen molar-refractivity contribution in [3.05, 3.63) is 29.6 Å². The zero-order valence-corrected chi connectivity index (χ0v) is 13.6. The summed E-state index contributed by atoms with van der Waals surface area (Å²) in [6.45, 7) is 6.32. The molecule has 1 fully saturated rings. The van der Waals surface area contributed by atoms with Crippen LogP contribution in [-0.2, 0) is 4.74 Å². The summed E-state index contributed by atoms with van der Waals surface area (Å²) in [5.74, 6) is 0.221. The van der Waals surface area contributed by atoms with Crippen LogP contribution < -0.4 is 4.74 Å². The van der Waals surface area contributed by atoms with Gasteiger partial charge in [0.25, 0.3) is 0 Å². The second kappa shape index (κ2) is 7.50. The molecule has 0 aromatic heterocycles. The van der Waals surface area contributed by atoms with E-state index in [1.807, 2.05) is 13.6 Å². The van der Waals surface area contributed by atoms with Crippen LogP contribution in [0, 0.1) is 5.82 Å². The van der Waals surface area contributed by atoms with E-state index in [0.717, 1.165) is 18.7 Å². The number of ether oxygens (including phenoxy) is 2. The predicted molar refractivity (Wildman–Crippen MR) is 83.3 cm³/mol. The minimum atomic E-state index is -0.594. The minimum Gasteiger partial charge on any atom is -0.490 e. The van der Waals surface area contributed by atoms with E-state index in [1.165, 1.54) is 12.1 Å². The predicted octanol–water partition coefficient (Wildman–Crippen LogP) is 1.83. The van der Waals surface area contributed by atoms with E-state index in [4.69, 9.17) is 9.47 Å². The van der Waals surface area contributed by atoms with E-state index in [1.54, 1.807) is 6.07 Å². The van der Waals surface area contributed by atoms with Gasteiger partial charge in [0, 0.05) is 24.7 Å². The Hall–Kier alpha value is -0.740. The number of aliphatic hydroxyl groups excluding tert-OH is 1. The van der Waals surface area contributed by atoms with E-state index >= 15 is 0 Å². The minimum absolute atomic E-state index is 0.143. The molecule has 1 aromatic rings. The van der Waals surface area contributed by atoms with Crippen LogP contribution in [0.25, 0.3) is 0 Å². The molecule has 2 heterocycles. The maximum atomic E-state index is 13.2. The molecule has 0 saturated carbocycles. The first-order chi connectivity index (χ1) is 10.1. The SMILES string of the molecule is CP.C[C@@H]1CN(C2c3ccc(F)cc3OCC2O)CCO1. The summed E-state index contributed by atoms with van der Waals surface area (Å²) in [5, 5.41) is 10.2. The van der Waals surface area contributed by atoms with Crippen molar-refractivity contribution in [1.29, 1.82) is 0 Å². The summed E-state index contributed by atoms with van der Waals surface area (Å²) in [7, 11) is 2.42. The van der Waals surface area contributed by atoms with Crippen molar-refractivity contribution < 1.29 is 19.0 Å². The summed E-state index contributed by atoms with van der Waals surface area (Å²) >= 11 is 0. The van der Waals surface area contributed by atoms with Crippen LogP contribution in [0.1, 0.15) is 18.5 Å². The quantitative estimate of drug-likeness (QED) is 0.803. The third-order valence-corrected chi connectivity index (χ3v) is 3.73. The Morgan fingerprint density at radius 2 is 2.14 bits per heavy atom. The molecule has 0 amide bonds. The van der Waals surface area contributed by atoms with E-state index in [0.29, 0.717) is 12.4 Å². The van der Waals surface area contributed by atoms with Gasteiger partial charge in [-0.3, -0.25) is 4.90 Å². The van der Waals surface area contributed by atoms with Crippen LogP contribution >= 0.6 is 9.24 Å². The fraction of sp³-hybridized carbons (Fsp3) is 0.600. The number of morpholine rings is 1. The number of halogens is 1. The smallest absolute Gasteiger partial charge is 0.127 e. The fourth-order valence-corrected chi connectivity index (χ4v) is 2.89. The molecule has 3 rings (SSSR count). The molecule has 0 bridgehead atoms. The van der Waals surface area contributed by atoms with Crippen molar-refractivity contribution in [2.75, 3.05) is 33.0 Å². The second-order valence-corrected chi connectivity index (χ2v) is 5.18. The molecule has 21 heavy (non-hydrogen) atoms. The number of hydrogen-bond acceptors (Lipinski definition) is 4. The molecule has 1 saturated heterocycles. The highest BCUT2D eigenvalue weighted by molar-refractivity contribution is 7.15. The Balaban J connectivity index is 0.000000774. The molecular weight excluding hydrogens is 292 g/mol. The third kappa shape index (κ3) is 3.72. The lowest BCUT2D eigenvalue weighted by molar-refractivity contribution is -0.0720. The van der Waals surface area contributed by atoms with Crippen LogP contribution in [0.5, 0.6) is 5.75 Å². The second-order valence-electron chi connectivity index (χ2n) is 5.18. The van der Waals surface area contributed by atoms with Gasteiger partial charge in [-0.15, -0.1) is 9.24 Å². The first-order valence-electron chi connectivity index (χ1n) is 7.19. The Labute approximate surface area is 127 Å². The van der Waals surface area contributed by atoms with Gasteiger partial charge < -0.3 is 14.6 Å². The van der Waals surface area contributed by atoms with Crippen molar-refractivity contribution in [1.82, 2.24) is 4.90 Å². The Morgan fingerprint density at radius 1 is 1.38 bits per heavy atom. The average Bonchev–Trinajstić information content (AvgIpc) is 2.49. The van der Waals surface area contributed by atoms with Gasteiger partial charge in [0.15, 0.2) is 0 Å². The van der Waals surface area contributed by atoms with E-state index in [2.05, 4.69) is 14.1 Å². The van der Waals surface area contributed by atoms with Crippen LogP contribution in [0.2, 0.25) is 0 Å². The maximum Gasteiger partial charge on any atom is 0.127 e. The van der Waals surface area contributed by atoms with Gasteiger partial charge in [0.1, 0.15) is 24.3 Å². The topological polar surface area (TPSA) is 41.9 Å². The first kappa shape index (κ1) is 16.6. The number of aliphatic hydroxyl groups is 1. The zero-order chi connectivity index (χ0) is 15.4. The highest BCUT2D eigenvalue weighted by atomic mass is 31.0. The molecule has 0 radical (unpaired) electrons. The molecular formula is C15H23FNO3P. The van der Waals surface area contributed by atoms with Crippen LogP contribution in [0.4, 0.5) is 4.39 Å². The van der Waals surface area contributed by atoms with Crippen LogP contribution in [0.3, 0.4) is 0 Å². The molecule has 2 aliphatic rings. The lowest BCUT2D eigenvalue weighted by atomic mass is 9.96. The molecule has 1 N–H and O–H groups in total. The summed E-state index contributed by atoms with van der Waals surface area (Å²) in [5.41, 5.74) is 0.856. The van der Waals surface area contributed by atoms with Crippen molar-refractivity contribution in [2.45, 2.75) is 25.2 Å². The fourth-order valence-electron chi connectivity index (χ4n) is 2.89. The van der Waals surface area contributed by atoms with Gasteiger partial charge in [-0.1, -0.05) is 12.7 Å². The molecule has 4 atom stereocenters. The molecule has 4 nitrogen and oxygen atoms in total. The number of hydrogen-bond donors (Lipinski definition) is 1. The Kier molecular flexibility index (Phi) is 5.94. The number of nitrogens with zero attached hydrogens (tertiary/aromatic N) is 1. The van der Waals surface area contributed by atoms with Crippen molar-refractivity contribution >= 4 is 9.24 Å². The summed E-state index contributed by atoms with van der Waals surface area (Å²) < 4.78 is 24.2. The number of benzene rings is 1. The van der Waals surface area contributed by atoms with Gasteiger partial charge >= 0.3 is 0 Å². The lowest BCUT2D eigenvalue weighted by Gasteiger charge is -2.42. The van der Waals surface area contributed by atoms with Crippen molar-refractivity contribution in [3.63, 3.8) is 0 Å². The number of rotatable bonds is 1. The normalized spacial score (nSPS) is 28.9. The van der Waals surface area contributed by atoms with Crippen LogP contribution in [0.15, 0.2) is 18.2 Å². The molecule has 3 unspecified atom stereocenters. The molecule has 118 valence electrons. The van der Waals surface area contributed by atoms with Gasteiger partial charge in [0.2, 0.25) is 0 Å². The van der Waals surface area contributed by atoms with Crippen LogP contribution in [-0.4, -0.2) is 55.2 Å². The third-order valence-electron chi connectivity index (χ3n) is 3.73. The highest BCUT2D eigenvalue weighted by Crippen LogP contribution is 2.37. The van der Waals surface area contributed by atoms with Gasteiger partial charge in [-0.2, -0.15) is 0 Å². The molecule has 6 heteroatoms. The van der Waals surface area contributed by atoms with Crippen molar-refractivity contribution in [3.8, 4) is 5.75 Å². The number of fused-ring (bicyclic) bond motifs is 1. The molecule has 1 aromatic carbocycles. The van der Waals surface area contributed by atoms with E-state index in [-0.39, 0.29) is 24.6 Å². The van der Waals surface area contributed by atoms with Crippen molar-refractivity contribution in [2.24, 2.45) is 0 Å². The standard InChI is InChI=1S/C14H18FNO3.CH5P/c1-9-7-16(4-5-18-9)14-11-3-2-10(15)6-13(11)19-8-12(14)17;1-2/h2-3,6,9,12,14,17H,4-5,7-8H2,1H3;2H2,1H3/t9-,12?,14?;/m1./s1. The van der Waals surface area contributed by atoms with E-state index < -0.39 is 6.10 Å². The average molecular weight is 315 g/mol. The monoisotopic (exact) mass is 315 g/mol. The van der Waals surface area contributed by atoms with Gasteiger partial charge in [-0.05, 0) is 13.0 Å². The molecule has 0 spiro atoms. The Bertz CT molecular complexity index is 474. The maximum absolute atomic E-state index is 13.2. The summed E-state index contributed by atoms with van der Waals surface area (Å²) in [4.78, 5) is 2.19. The molecule has 0 aliphatic carbocycles. The highest BCUT2D eigenvalue weighted by Gasteiger charge is 2.36. The zero-order valence-electron chi connectivity index (χ0n) is 12.5. The first-order valence-corrected chi connectivity index (χ1v) is 8.34. The van der Waals surface area contributed by atoms with Gasteiger partial charge in [0.05, 0.1) is 18.8 Å². The lowest BCUT2D eigenvalue weighted by Crippen LogP contribution is -2.49. The molecule has 2 aliphatic heterocycles. The Morgan fingerprint density at radius 3 is 2.86 bits per heavy atom.